The quantitative estimate of drug-likeness (QED) is 0.573. The Kier molecular flexibility index (Phi) is 4.48. The van der Waals surface area contributed by atoms with Crippen molar-refractivity contribution in [2.45, 2.75) is 13.8 Å². The van der Waals surface area contributed by atoms with E-state index < -0.39 is 0 Å². The minimum atomic E-state index is 0. The average molecular weight is 441 g/mol. The topological polar surface area (TPSA) is 30.7 Å². The molecular weight excluding hydrogens is 426 g/mol. The summed E-state index contributed by atoms with van der Waals surface area (Å²) in [6.45, 7) is 4.02. The van der Waals surface area contributed by atoms with Crippen molar-refractivity contribution in [2.75, 3.05) is 0 Å². The van der Waals surface area contributed by atoms with Gasteiger partial charge in [-0.25, -0.2) is 0 Å². The number of aromatic nitrogens is 3. The van der Waals surface area contributed by atoms with Gasteiger partial charge in [-0.15, -0.1) is 40.5 Å². The number of nitrogens with zero attached hydrogens (tertiary/aromatic N) is 3. The number of rotatable bonds is 2. The van der Waals surface area contributed by atoms with E-state index in [0.29, 0.717) is 0 Å². The summed E-state index contributed by atoms with van der Waals surface area (Å²) >= 11 is 0. The molecule has 3 aromatic rings. The molecule has 0 atom stereocenters. The summed E-state index contributed by atoms with van der Waals surface area (Å²) in [5.41, 5.74) is 3.22. The molecule has 1 aromatic heterocycles. The van der Waals surface area contributed by atoms with Crippen LogP contribution in [0.1, 0.15) is 11.4 Å². The Labute approximate surface area is 132 Å². The second-order valence-electron chi connectivity index (χ2n) is 4.52. The first-order valence-electron chi connectivity index (χ1n) is 6.22. The minimum absolute atomic E-state index is 0. The third kappa shape index (κ3) is 2.72. The van der Waals surface area contributed by atoms with Gasteiger partial charge in [0.15, 0.2) is 0 Å². The molecule has 103 valence electrons. The normalized spacial score (nSPS) is 10.1. The van der Waals surface area contributed by atoms with E-state index in [2.05, 4.69) is 41.4 Å². The molecule has 0 aliphatic carbocycles. The van der Waals surface area contributed by atoms with Crippen LogP contribution < -0.4 is 0 Å². The molecule has 0 saturated heterocycles. The Balaban J connectivity index is 0.00000147. The van der Waals surface area contributed by atoms with Gasteiger partial charge in [0.1, 0.15) is 5.82 Å². The third-order valence-electron chi connectivity index (χ3n) is 3.04. The number of benzene rings is 2. The molecule has 0 aliphatic heterocycles. The van der Waals surface area contributed by atoms with Crippen LogP contribution in [0.5, 0.6) is 0 Å². The Morgan fingerprint density at radius 1 is 1.00 bits per heavy atom. The van der Waals surface area contributed by atoms with Crippen molar-refractivity contribution in [2.24, 2.45) is 0 Å². The summed E-state index contributed by atoms with van der Waals surface area (Å²) in [7, 11) is 0. The Morgan fingerprint density at radius 3 is 2.45 bits per heavy atom. The van der Waals surface area contributed by atoms with Gasteiger partial charge < -0.3 is 4.57 Å². The second-order valence-corrected chi connectivity index (χ2v) is 4.52. The fraction of sp³-hybridized carbons (Fsp3) is 0.125. The van der Waals surface area contributed by atoms with Gasteiger partial charge in [-0.05, 0) is 19.1 Å². The van der Waals surface area contributed by atoms with Crippen LogP contribution in [0.3, 0.4) is 0 Å². The molecule has 20 heavy (non-hydrogen) atoms. The van der Waals surface area contributed by atoms with Crippen molar-refractivity contribution in [3.8, 4) is 17.1 Å². The molecule has 0 amide bonds. The molecule has 1 radical (unpaired) electrons. The summed E-state index contributed by atoms with van der Waals surface area (Å²) in [4.78, 5) is 0. The molecule has 0 aliphatic rings. The van der Waals surface area contributed by atoms with E-state index in [0.717, 1.165) is 22.9 Å². The largest absolute Gasteiger partial charge is 0.320 e. The van der Waals surface area contributed by atoms with E-state index in [1.165, 1.54) is 5.56 Å². The van der Waals surface area contributed by atoms with Crippen molar-refractivity contribution in [1.29, 1.82) is 0 Å². The van der Waals surface area contributed by atoms with Crippen molar-refractivity contribution < 1.29 is 20.1 Å². The molecule has 2 aromatic carbocycles. The molecule has 0 bridgehead atoms. The van der Waals surface area contributed by atoms with Crippen LogP contribution in [-0.2, 0) is 20.1 Å². The Morgan fingerprint density at radius 2 is 1.75 bits per heavy atom. The van der Waals surface area contributed by atoms with E-state index in [4.69, 9.17) is 0 Å². The maximum atomic E-state index is 4.29. The van der Waals surface area contributed by atoms with Gasteiger partial charge in [-0.3, -0.25) is 0 Å². The van der Waals surface area contributed by atoms with Gasteiger partial charge >= 0.3 is 0 Å². The molecule has 0 saturated carbocycles. The summed E-state index contributed by atoms with van der Waals surface area (Å²) < 4.78 is 2.05. The predicted molar refractivity (Wildman–Crippen MR) is 75.1 cm³/mol. The number of hydrogen-bond donors (Lipinski definition) is 0. The molecule has 3 rings (SSSR count). The first-order valence-corrected chi connectivity index (χ1v) is 6.22. The smallest absolute Gasteiger partial charge is 0.125 e. The van der Waals surface area contributed by atoms with E-state index in [-0.39, 0.29) is 20.1 Å². The molecule has 1 heterocycles. The minimum Gasteiger partial charge on any atom is -0.320 e. The zero-order valence-corrected chi connectivity index (χ0v) is 13.7. The zero-order chi connectivity index (χ0) is 13.2. The van der Waals surface area contributed by atoms with Crippen LogP contribution in [0, 0.1) is 19.9 Å². The van der Waals surface area contributed by atoms with Crippen LogP contribution in [0.25, 0.3) is 17.1 Å². The van der Waals surface area contributed by atoms with Gasteiger partial charge in [-0.1, -0.05) is 25.1 Å². The summed E-state index contributed by atoms with van der Waals surface area (Å²) in [5.74, 6) is 1.70. The van der Waals surface area contributed by atoms with Crippen molar-refractivity contribution >= 4 is 0 Å². The zero-order valence-electron chi connectivity index (χ0n) is 11.3. The third-order valence-corrected chi connectivity index (χ3v) is 3.04. The number of para-hydroxylation sites is 1. The average Bonchev–Trinajstić information content (AvgIpc) is 2.82. The molecule has 4 heteroatoms. The van der Waals surface area contributed by atoms with Gasteiger partial charge in [0.05, 0.1) is 5.82 Å². The first kappa shape index (κ1) is 14.6. The van der Waals surface area contributed by atoms with E-state index in [1.807, 2.05) is 41.8 Å². The second kappa shape index (κ2) is 6.12. The first-order chi connectivity index (χ1) is 9.25. The Hall–Kier alpha value is -1.77. The monoisotopic (exact) mass is 441 g/mol. The molecular formula is C16H14IrN3-. The molecule has 0 spiro atoms. The maximum absolute atomic E-state index is 4.29. The molecule has 0 fully saturated rings. The van der Waals surface area contributed by atoms with Gasteiger partial charge in [-0.2, -0.15) is 5.10 Å². The van der Waals surface area contributed by atoms with E-state index >= 15 is 0 Å². The SMILES string of the molecule is Cc1cc[c-]c(-c2nnc(C)n2-c2ccccc2)c1.[Ir]. The van der Waals surface area contributed by atoms with Crippen LogP contribution in [-0.4, -0.2) is 14.8 Å². The molecule has 3 nitrogen and oxygen atoms in total. The van der Waals surface area contributed by atoms with Crippen LogP contribution in [0.4, 0.5) is 0 Å². The van der Waals surface area contributed by atoms with Gasteiger partial charge in [0.2, 0.25) is 0 Å². The van der Waals surface area contributed by atoms with Gasteiger partial charge in [0.25, 0.3) is 0 Å². The van der Waals surface area contributed by atoms with Crippen molar-refractivity contribution in [1.82, 2.24) is 14.8 Å². The van der Waals surface area contributed by atoms with Crippen LogP contribution in [0.15, 0.2) is 48.5 Å². The fourth-order valence-corrected chi connectivity index (χ4v) is 2.13. The molecule has 0 N–H and O–H groups in total. The summed E-state index contributed by atoms with van der Waals surface area (Å²) in [6, 6.07) is 19.4. The van der Waals surface area contributed by atoms with Crippen LogP contribution >= 0.6 is 0 Å². The standard InChI is InChI=1S/C16H14N3.Ir/c1-12-7-6-8-14(11-12)16-18-17-13(2)19(16)15-9-4-3-5-10-15;/h3-7,9-11H,1-2H3;/q-1;. The maximum Gasteiger partial charge on any atom is 0.125 e. The summed E-state index contributed by atoms with van der Waals surface area (Å²) in [6.07, 6.45) is 0. The van der Waals surface area contributed by atoms with E-state index in [1.54, 1.807) is 0 Å². The number of hydrogen-bond acceptors (Lipinski definition) is 2. The van der Waals surface area contributed by atoms with Crippen molar-refractivity contribution in [3.63, 3.8) is 0 Å². The molecule has 0 unspecified atom stereocenters. The fourth-order valence-electron chi connectivity index (χ4n) is 2.13. The van der Waals surface area contributed by atoms with Gasteiger partial charge in [0, 0.05) is 25.8 Å². The van der Waals surface area contributed by atoms with E-state index in [9.17, 15) is 0 Å². The number of aryl methyl sites for hydroxylation is 2. The summed E-state index contributed by atoms with van der Waals surface area (Å²) in [5, 5.41) is 8.48. The van der Waals surface area contributed by atoms with Crippen LogP contribution in [0.2, 0.25) is 0 Å². The van der Waals surface area contributed by atoms with Crippen molar-refractivity contribution in [3.05, 3.63) is 66.0 Å². The Bertz CT molecular complexity index is 705. The predicted octanol–water partition coefficient (Wildman–Crippen LogP) is 3.35.